The van der Waals surface area contributed by atoms with Crippen LogP contribution in [0.4, 0.5) is 23.8 Å². The number of pyridine rings is 1. The Balaban J connectivity index is 1.58. The number of alkyl halides is 3. The maximum atomic E-state index is 14.2. The average Bonchev–Trinajstić information content (AvgIpc) is 3.44. The number of carbonyl (C=O) groups excluding carboxylic acids is 1. The highest BCUT2D eigenvalue weighted by Crippen LogP contribution is 2.49. The molecule has 3 aromatic rings. The zero-order valence-corrected chi connectivity index (χ0v) is 20.0. The number of hydrogen-bond acceptors (Lipinski definition) is 7. The molecule has 1 saturated heterocycles. The van der Waals surface area contributed by atoms with Crippen LogP contribution in [0.3, 0.4) is 0 Å². The van der Waals surface area contributed by atoms with E-state index >= 15 is 0 Å². The highest BCUT2D eigenvalue weighted by atomic mass is 19.4. The summed E-state index contributed by atoms with van der Waals surface area (Å²) in [4.78, 5) is 28.8. The highest BCUT2D eigenvalue weighted by molar-refractivity contribution is 5.93. The van der Waals surface area contributed by atoms with E-state index in [2.05, 4.69) is 15.0 Å². The topological polar surface area (TPSA) is 100 Å². The van der Waals surface area contributed by atoms with Crippen LogP contribution in [0.5, 0.6) is 0 Å². The van der Waals surface area contributed by atoms with E-state index in [1.165, 1.54) is 29.2 Å². The monoisotopic (exact) mass is 499 g/mol. The van der Waals surface area contributed by atoms with Crippen LogP contribution in [-0.2, 0) is 10.9 Å². The molecule has 0 atom stereocenters. The highest BCUT2D eigenvalue weighted by Gasteiger charge is 2.54. The Hall–Kier alpha value is -3.88. The summed E-state index contributed by atoms with van der Waals surface area (Å²) in [6.07, 6.45) is -0.139. The lowest BCUT2D eigenvalue weighted by Crippen LogP contribution is -2.57. The molecule has 0 radical (unpaired) electrons. The van der Waals surface area contributed by atoms with Gasteiger partial charge in [0.2, 0.25) is 0 Å². The van der Waals surface area contributed by atoms with Crippen molar-refractivity contribution >= 4 is 22.9 Å². The van der Waals surface area contributed by atoms with E-state index in [1.54, 1.807) is 25.7 Å². The first-order valence-corrected chi connectivity index (χ1v) is 11.5. The fourth-order valence-corrected chi connectivity index (χ4v) is 4.62. The Labute approximate surface area is 205 Å². The smallest absolute Gasteiger partial charge is 0.418 e. The minimum Gasteiger partial charge on any atom is -0.444 e. The van der Waals surface area contributed by atoms with Crippen LogP contribution in [0.2, 0.25) is 0 Å². The van der Waals surface area contributed by atoms with Gasteiger partial charge in [0.25, 0.3) is 0 Å². The number of fused-ring (bicyclic) bond motifs is 1. The average molecular weight is 499 g/mol. The Morgan fingerprint density at radius 2 is 1.92 bits per heavy atom. The second-order valence-corrected chi connectivity index (χ2v) is 10.1. The SMILES string of the molecule is CC(C)(C)OC(=O)N1CCN(c2ncnc3c2c(C(F)(F)F)cn3-c2cc(C#N)ccn2)C2(CC2)C1. The molecule has 3 aromatic heterocycles. The molecular formula is C24H24F3N7O2. The number of carbonyl (C=O) groups is 1. The fraction of sp³-hybridized carbons (Fsp3) is 0.458. The summed E-state index contributed by atoms with van der Waals surface area (Å²) >= 11 is 0. The minimum atomic E-state index is -4.68. The molecule has 188 valence electrons. The van der Waals surface area contributed by atoms with Crippen LogP contribution in [0.1, 0.15) is 44.7 Å². The van der Waals surface area contributed by atoms with E-state index in [0.717, 1.165) is 6.20 Å². The first-order valence-electron chi connectivity index (χ1n) is 11.5. The van der Waals surface area contributed by atoms with Crippen molar-refractivity contribution in [3.63, 3.8) is 0 Å². The van der Waals surface area contributed by atoms with Crippen molar-refractivity contribution in [2.45, 2.75) is 50.9 Å². The molecule has 1 saturated carbocycles. The van der Waals surface area contributed by atoms with Crippen molar-refractivity contribution in [2.24, 2.45) is 0 Å². The van der Waals surface area contributed by atoms with E-state index in [4.69, 9.17) is 4.74 Å². The van der Waals surface area contributed by atoms with Crippen molar-refractivity contribution in [1.82, 2.24) is 24.4 Å². The first-order chi connectivity index (χ1) is 16.9. The molecule has 4 heterocycles. The maximum absolute atomic E-state index is 14.2. The molecule has 2 aliphatic rings. The van der Waals surface area contributed by atoms with Gasteiger partial charge in [-0.15, -0.1) is 0 Å². The van der Waals surface area contributed by atoms with E-state index < -0.39 is 29.0 Å². The molecule has 12 heteroatoms. The quantitative estimate of drug-likeness (QED) is 0.518. The zero-order chi connectivity index (χ0) is 25.9. The molecule has 1 spiro atoms. The second kappa shape index (κ2) is 8.08. The summed E-state index contributed by atoms with van der Waals surface area (Å²) in [6.45, 7) is 6.29. The lowest BCUT2D eigenvalue weighted by atomic mass is 10.1. The number of nitriles is 1. The van der Waals surface area contributed by atoms with Gasteiger partial charge < -0.3 is 14.5 Å². The number of hydrogen-bond donors (Lipinski definition) is 0. The molecule has 0 bridgehead atoms. The molecule has 9 nitrogen and oxygen atoms in total. The maximum Gasteiger partial charge on any atom is 0.418 e. The van der Waals surface area contributed by atoms with E-state index in [-0.39, 0.29) is 34.8 Å². The summed E-state index contributed by atoms with van der Waals surface area (Å²) < 4.78 is 49.5. The molecule has 36 heavy (non-hydrogen) atoms. The van der Waals surface area contributed by atoms with Gasteiger partial charge >= 0.3 is 12.3 Å². The van der Waals surface area contributed by atoms with Gasteiger partial charge in [-0.2, -0.15) is 18.4 Å². The molecule has 0 unspecified atom stereocenters. The molecule has 5 rings (SSSR count). The summed E-state index contributed by atoms with van der Waals surface area (Å²) in [7, 11) is 0. The molecule has 1 aliphatic carbocycles. The van der Waals surface area contributed by atoms with Crippen molar-refractivity contribution in [2.75, 3.05) is 24.5 Å². The molecule has 1 amide bonds. The number of rotatable bonds is 2. The lowest BCUT2D eigenvalue weighted by Gasteiger charge is -2.43. The predicted octanol–water partition coefficient (Wildman–Crippen LogP) is 4.30. The van der Waals surface area contributed by atoms with Gasteiger partial charge in [-0.1, -0.05) is 0 Å². The third-order valence-corrected chi connectivity index (χ3v) is 6.38. The third kappa shape index (κ3) is 4.19. The van der Waals surface area contributed by atoms with Gasteiger partial charge in [-0.3, -0.25) is 4.57 Å². The van der Waals surface area contributed by atoms with Gasteiger partial charge in [-0.05, 0) is 45.7 Å². The summed E-state index contributed by atoms with van der Waals surface area (Å²) in [5.74, 6) is 0.318. The van der Waals surface area contributed by atoms with Crippen molar-refractivity contribution in [3.05, 3.63) is 42.0 Å². The molecule has 0 N–H and O–H groups in total. The molecule has 2 fully saturated rings. The zero-order valence-electron chi connectivity index (χ0n) is 20.0. The number of amides is 1. The summed E-state index contributed by atoms with van der Waals surface area (Å²) in [6, 6.07) is 4.85. The Bertz CT molecular complexity index is 1380. The molecule has 0 aromatic carbocycles. The van der Waals surface area contributed by atoms with Crippen molar-refractivity contribution in [3.8, 4) is 11.9 Å². The van der Waals surface area contributed by atoms with Crippen LogP contribution < -0.4 is 4.90 Å². The normalized spacial score (nSPS) is 17.4. The Morgan fingerprint density at radius 3 is 2.56 bits per heavy atom. The molecule has 1 aliphatic heterocycles. The van der Waals surface area contributed by atoms with Gasteiger partial charge in [0, 0.05) is 32.0 Å². The molecular weight excluding hydrogens is 475 g/mol. The van der Waals surface area contributed by atoms with Gasteiger partial charge in [0.15, 0.2) is 5.65 Å². The van der Waals surface area contributed by atoms with Gasteiger partial charge in [-0.25, -0.2) is 19.7 Å². The number of aromatic nitrogens is 4. The number of piperazine rings is 1. The van der Waals surface area contributed by atoms with Crippen molar-refractivity contribution in [1.29, 1.82) is 5.26 Å². The largest absolute Gasteiger partial charge is 0.444 e. The summed E-state index contributed by atoms with van der Waals surface area (Å²) in [5, 5.41) is 9.09. The van der Waals surface area contributed by atoms with Crippen LogP contribution in [0, 0.1) is 11.3 Å². The van der Waals surface area contributed by atoms with E-state index in [9.17, 15) is 23.2 Å². The Morgan fingerprint density at radius 1 is 1.17 bits per heavy atom. The van der Waals surface area contributed by atoms with Crippen LogP contribution in [0.15, 0.2) is 30.9 Å². The Kier molecular flexibility index (Phi) is 5.35. The van der Waals surface area contributed by atoms with E-state index in [0.29, 0.717) is 25.9 Å². The lowest BCUT2D eigenvalue weighted by molar-refractivity contribution is -0.136. The van der Waals surface area contributed by atoms with E-state index in [1.807, 2.05) is 11.0 Å². The van der Waals surface area contributed by atoms with Crippen LogP contribution in [0.25, 0.3) is 16.9 Å². The first kappa shape index (κ1) is 23.8. The minimum absolute atomic E-state index is 0.0419. The second-order valence-electron chi connectivity index (χ2n) is 10.1. The third-order valence-electron chi connectivity index (χ3n) is 6.38. The van der Waals surface area contributed by atoms with Gasteiger partial charge in [0.1, 0.15) is 23.6 Å². The number of halogens is 3. The standard InChI is InChI=1S/C24H24F3N7O2/c1-22(2,3)36-21(35)32-8-9-34(23(13-32)5-6-23)20-18-16(24(25,26)27)12-33(19(18)30-14-31-20)17-10-15(11-28)4-7-29-17/h4,7,10,12,14H,5-6,8-9,13H2,1-3H3. The predicted molar refractivity (Wildman–Crippen MR) is 123 cm³/mol. The van der Waals surface area contributed by atoms with Crippen LogP contribution >= 0.6 is 0 Å². The van der Waals surface area contributed by atoms with Gasteiger partial charge in [0.05, 0.1) is 28.1 Å². The number of anilines is 1. The number of ether oxygens (including phenoxy) is 1. The fourth-order valence-electron chi connectivity index (χ4n) is 4.62. The summed E-state index contributed by atoms with van der Waals surface area (Å²) in [5.41, 5.74) is -1.74. The van der Waals surface area contributed by atoms with Crippen molar-refractivity contribution < 1.29 is 22.7 Å². The number of nitrogens with zero attached hydrogens (tertiary/aromatic N) is 7. The van der Waals surface area contributed by atoms with Crippen LogP contribution in [-0.4, -0.2) is 61.3 Å².